The van der Waals surface area contributed by atoms with Crippen LogP contribution in [0.1, 0.15) is 38.3 Å². The Balaban J connectivity index is 2.03. The molecule has 2 rings (SSSR count). The van der Waals surface area contributed by atoms with E-state index < -0.39 is 6.10 Å². The normalized spacial score (nSPS) is 13.0. The van der Waals surface area contributed by atoms with Crippen LogP contribution in [0.4, 0.5) is 4.39 Å². The van der Waals surface area contributed by atoms with Crippen molar-refractivity contribution in [1.29, 1.82) is 0 Å². The van der Waals surface area contributed by atoms with E-state index in [-0.39, 0.29) is 17.8 Å². The standard InChI is InChI=1S/C20H24FNO3/c1-4-18(14-6-10-16(24-3)11-7-14)22-20(23)19(5-2)25-17-12-8-15(21)9-13-17/h6-13,18-19H,4-5H2,1-3H3,(H,22,23)/t18-,19+/m1/s1. The third kappa shape index (κ3) is 5.21. The molecule has 1 N–H and O–H groups in total. The number of hydrogen-bond donors (Lipinski definition) is 1. The lowest BCUT2D eigenvalue weighted by Crippen LogP contribution is -2.39. The van der Waals surface area contributed by atoms with Gasteiger partial charge in [0, 0.05) is 0 Å². The van der Waals surface area contributed by atoms with E-state index in [4.69, 9.17) is 9.47 Å². The summed E-state index contributed by atoms with van der Waals surface area (Å²) in [7, 11) is 1.62. The van der Waals surface area contributed by atoms with Crippen molar-refractivity contribution in [3.05, 3.63) is 59.9 Å². The fourth-order valence-electron chi connectivity index (χ4n) is 2.52. The second-order valence-corrected chi connectivity index (χ2v) is 5.71. The largest absolute Gasteiger partial charge is 0.497 e. The highest BCUT2D eigenvalue weighted by Crippen LogP contribution is 2.21. The number of carbonyl (C=O) groups is 1. The first-order chi connectivity index (χ1) is 12.1. The summed E-state index contributed by atoms with van der Waals surface area (Å²) >= 11 is 0. The van der Waals surface area contributed by atoms with Crippen molar-refractivity contribution >= 4 is 5.91 Å². The van der Waals surface area contributed by atoms with Gasteiger partial charge in [0.2, 0.25) is 0 Å². The highest BCUT2D eigenvalue weighted by atomic mass is 19.1. The minimum Gasteiger partial charge on any atom is -0.497 e. The smallest absolute Gasteiger partial charge is 0.261 e. The van der Waals surface area contributed by atoms with Crippen molar-refractivity contribution in [2.45, 2.75) is 38.8 Å². The van der Waals surface area contributed by atoms with E-state index in [0.29, 0.717) is 12.2 Å². The summed E-state index contributed by atoms with van der Waals surface area (Å²) in [6, 6.07) is 13.2. The molecule has 0 spiro atoms. The molecule has 2 aromatic carbocycles. The number of carbonyl (C=O) groups excluding carboxylic acids is 1. The van der Waals surface area contributed by atoms with Gasteiger partial charge in [0.15, 0.2) is 6.10 Å². The van der Waals surface area contributed by atoms with E-state index in [0.717, 1.165) is 17.7 Å². The monoisotopic (exact) mass is 345 g/mol. The topological polar surface area (TPSA) is 47.6 Å². The summed E-state index contributed by atoms with van der Waals surface area (Å²) in [6.45, 7) is 3.89. The number of rotatable bonds is 8. The van der Waals surface area contributed by atoms with Gasteiger partial charge in [0.25, 0.3) is 5.91 Å². The van der Waals surface area contributed by atoms with Gasteiger partial charge >= 0.3 is 0 Å². The highest BCUT2D eigenvalue weighted by molar-refractivity contribution is 5.81. The number of amides is 1. The maximum atomic E-state index is 13.0. The van der Waals surface area contributed by atoms with Gasteiger partial charge in [-0.15, -0.1) is 0 Å². The van der Waals surface area contributed by atoms with Gasteiger partial charge in [-0.25, -0.2) is 4.39 Å². The first-order valence-electron chi connectivity index (χ1n) is 8.43. The van der Waals surface area contributed by atoms with Crippen LogP contribution in [0.3, 0.4) is 0 Å². The Morgan fingerprint density at radius 1 is 1.00 bits per heavy atom. The average Bonchev–Trinajstić information content (AvgIpc) is 2.65. The minimum atomic E-state index is -0.627. The Kier molecular flexibility index (Phi) is 6.81. The van der Waals surface area contributed by atoms with Gasteiger partial charge in [0.1, 0.15) is 17.3 Å². The molecule has 0 aliphatic rings. The van der Waals surface area contributed by atoms with Crippen LogP contribution >= 0.6 is 0 Å². The summed E-state index contributed by atoms with van der Waals surface area (Å²) in [5.74, 6) is 0.724. The molecule has 25 heavy (non-hydrogen) atoms. The molecule has 4 nitrogen and oxygen atoms in total. The van der Waals surface area contributed by atoms with E-state index in [1.165, 1.54) is 24.3 Å². The number of hydrogen-bond acceptors (Lipinski definition) is 3. The third-order valence-corrected chi connectivity index (χ3v) is 4.00. The van der Waals surface area contributed by atoms with Crippen LogP contribution in [0.25, 0.3) is 0 Å². The second-order valence-electron chi connectivity index (χ2n) is 5.71. The van der Waals surface area contributed by atoms with E-state index >= 15 is 0 Å². The predicted molar refractivity (Wildman–Crippen MR) is 95.3 cm³/mol. The molecular weight excluding hydrogens is 321 g/mol. The zero-order valence-electron chi connectivity index (χ0n) is 14.8. The molecule has 5 heteroatoms. The molecule has 0 unspecified atom stereocenters. The molecular formula is C20H24FNO3. The predicted octanol–water partition coefficient (Wildman–Crippen LogP) is 4.26. The zero-order valence-corrected chi connectivity index (χ0v) is 14.8. The average molecular weight is 345 g/mol. The molecule has 0 aliphatic heterocycles. The minimum absolute atomic E-state index is 0.107. The Morgan fingerprint density at radius 3 is 2.12 bits per heavy atom. The van der Waals surface area contributed by atoms with Crippen LogP contribution in [0.5, 0.6) is 11.5 Å². The lowest BCUT2D eigenvalue weighted by Gasteiger charge is -2.22. The first-order valence-corrected chi connectivity index (χ1v) is 8.43. The Bertz CT molecular complexity index is 670. The molecule has 0 aliphatic carbocycles. The fraction of sp³-hybridized carbons (Fsp3) is 0.350. The molecule has 0 saturated carbocycles. The second kappa shape index (κ2) is 9.06. The van der Waals surface area contributed by atoms with E-state index in [2.05, 4.69) is 5.32 Å². The molecule has 0 heterocycles. The van der Waals surface area contributed by atoms with Crippen molar-refractivity contribution in [3.63, 3.8) is 0 Å². The molecule has 134 valence electrons. The van der Waals surface area contributed by atoms with Crippen LogP contribution in [-0.2, 0) is 4.79 Å². The highest BCUT2D eigenvalue weighted by Gasteiger charge is 2.22. The van der Waals surface area contributed by atoms with Crippen molar-refractivity contribution in [2.75, 3.05) is 7.11 Å². The van der Waals surface area contributed by atoms with Gasteiger partial charge in [-0.1, -0.05) is 26.0 Å². The number of methoxy groups -OCH3 is 1. The molecule has 2 aromatic rings. The Morgan fingerprint density at radius 2 is 1.60 bits per heavy atom. The van der Waals surface area contributed by atoms with E-state index in [1.54, 1.807) is 7.11 Å². The van der Waals surface area contributed by atoms with Gasteiger partial charge in [-0.05, 0) is 54.8 Å². The molecule has 0 saturated heterocycles. The zero-order chi connectivity index (χ0) is 18.2. The number of nitrogens with one attached hydrogen (secondary N) is 1. The molecule has 0 radical (unpaired) electrons. The number of halogens is 1. The Hall–Kier alpha value is -2.56. The van der Waals surface area contributed by atoms with Gasteiger partial charge < -0.3 is 14.8 Å². The number of benzene rings is 2. The third-order valence-electron chi connectivity index (χ3n) is 4.00. The molecule has 2 atom stereocenters. The summed E-state index contributed by atoms with van der Waals surface area (Å²) in [5, 5.41) is 3.02. The quantitative estimate of drug-likeness (QED) is 0.778. The van der Waals surface area contributed by atoms with Crippen LogP contribution in [0.15, 0.2) is 48.5 Å². The SMILES string of the molecule is CC[C@H](Oc1ccc(F)cc1)C(=O)N[C@H](CC)c1ccc(OC)cc1. The molecule has 1 amide bonds. The van der Waals surface area contributed by atoms with E-state index in [9.17, 15) is 9.18 Å². The first kappa shape index (κ1) is 18.8. The van der Waals surface area contributed by atoms with Gasteiger partial charge in [-0.2, -0.15) is 0 Å². The Labute approximate surface area is 148 Å². The summed E-state index contributed by atoms with van der Waals surface area (Å²) in [5.41, 5.74) is 1.01. The molecule has 0 fully saturated rings. The van der Waals surface area contributed by atoms with Crippen LogP contribution in [0, 0.1) is 5.82 Å². The maximum absolute atomic E-state index is 13.0. The van der Waals surface area contributed by atoms with Crippen LogP contribution in [-0.4, -0.2) is 19.1 Å². The number of ether oxygens (including phenoxy) is 2. The van der Waals surface area contributed by atoms with Crippen molar-refractivity contribution in [2.24, 2.45) is 0 Å². The van der Waals surface area contributed by atoms with Gasteiger partial charge in [0.05, 0.1) is 13.2 Å². The van der Waals surface area contributed by atoms with Crippen molar-refractivity contribution < 1.29 is 18.7 Å². The summed E-state index contributed by atoms with van der Waals surface area (Å²) in [4.78, 5) is 12.6. The van der Waals surface area contributed by atoms with Crippen LogP contribution in [0.2, 0.25) is 0 Å². The van der Waals surface area contributed by atoms with Crippen molar-refractivity contribution in [3.8, 4) is 11.5 Å². The maximum Gasteiger partial charge on any atom is 0.261 e. The van der Waals surface area contributed by atoms with E-state index in [1.807, 2.05) is 38.1 Å². The molecule has 0 bridgehead atoms. The van der Waals surface area contributed by atoms with Crippen LogP contribution < -0.4 is 14.8 Å². The van der Waals surface area contributed by atoms with Crippen molar-refractivity contribution in [1.82, 2.24) is 5.32 Å². The summed E-state index contributed by atoms with van der Waals surface area (Å²) in [6.07, 6.45) is 0.644. The lowest BCUT2D eigenvalue weighted by molar-refractivity contribution is -0.128. The van der Waals surface area contributed by atoms with Gasteiger partial charge in [-0.3, -0.25) is 4.79 Å². The lowest BCUT2D eigenvalue weighted by atomic mass is 10.0. The summed E-state index contributed by atoms with van der Waals surface area (Å²) < 4.78 is 23.8. The molecule has 0 aromatic heterocycles. The fourth-order valence-corrected chi connectivity index (χ4v) is 2.52.